The van der Waals surface area contributed by atoms with Gasteiger partial charge in [-0.3, -0.25) is 0 Å². The highest BCUT2D eigenvalue weighted by molar-refractivity contribution is 6.28. The summed E-state index contributed by atoms with van der Waals surface area (Å²) in [6.45, 7) is 4.35. The summed E-state index contributed by atoms with van der Waals surface area (Å²) < 4.78 is 2.09. The number of nitrogens with zero attached hydrogens (tertiary/aromatic N) is 2. The molecule has 2 nitrogen and oxygen atoms in total. The molecule has 1 heterocycles. The van der Waals surface area contributed by atoms with Crippen LogP contribution in [0, 0.1) is 0 Å². The van der Waals surface area contributed by atoms with Gasteiger partial charge in [-0.2, -0.15) is 0 Å². The molecule has 0 aliphatic rings. The Morgan fingerprint density at radius 3 is 1.74 bits per heavy atom. The second-order valence-electron chi connectivity index (χ2n) is 8.16. The summed E-state index contributed by atoms with van der Waals surface area (Å²) in [5, 5.41) is 0.753. The van der Waals surface area contributed by atoms with E-state index in [1.54, 1.807) is 6.20 Å². The molecule has 0 amide bonds. The van der Waals surface area contributed by atoms with E-state index in [1.165, 1.54) is 89.9 Å². The lowest BCUT2D eigenvalue weighted by Gasteiger charge is -2.20. The van der Waals surface area contributed by atoms with Gasteiger partial charge in [0.15, 0.2) is 0 Å². The highest BCUT2D eigenvalue weighted by atomic mass is 35.5. The molecule has 1 aromatic heterocycles. The van der Waals surface area contributed by atoms with Crippen molar-refractivity contribution >= 4 is 23.2 Å². The summed E-state index contributed by atoms with van der Waals surface area (Å²) in [6, 6.07) is 0.379. The first-order chi connectivity index (χ1) is 13.1. The topological polar surface area (TPSA) is 17.8 Å². The lowest BCUT2D eigenvalue weighted by Crippen LogP contribution is -2.12. The summed E-state index contributed by atoms with van der Waals surface area (Å²) in [5.41, 5.74) is 0. The molecule has 0 saturated carbocycles. The van der Waals surface area contributed by atoms with Gasteiger partial charge in [-0.1, -0.05) is 96.8 Å². The number of halogens is 2. The van der Waals surface area contributed by atoms with E-state index in [-0.39, 0.29) is 5.38 Å². The third-order valence-corrected chi connectivity index (χ3v) is 5.97. The minimum Gasteiger partial charge on any atom is -0.319 e. The lowest BCUT2D eigenvalue weighted by molar-refractivity contribution is 0.410. The third-order valence-electron chi connectivity index (χ3n) is 5.50. The van der Waals surface area contributed by atoms with Crippen LogP contribution in [0.15, 0.2) is 12.4 Å². The molecule has 0 radical (unpaired) electrons. The second-order valence-corrected chi connectivity index (χ2v) is 9.24. The molecule has 1 aromatic rings. The summed E-state index contributed by atoms with van der Waals surface area (Å²) in [7, 11) is 0. The normalized spacial score (nSPS) is 13.8. The van der Waals surface area contributed by atoms with Gasteiger partial charge in [0.1, 0.15) is 0 Å². The van der Waals surface area contributed by atoms with Crippen molar-refractivity contribution in [3.05, 3.63) is 17.7 Å². The van der Waals surface area contributed by atoms with Crippen molar-refractivity contribution in [2.24, 2.45) is 0 Å². The van der Waals surface area contributed by atoms with Gasteiger partial charge in [-0.15, -0.1) is 11.6 Å². The Morgan fingerprint density at radius 2 is 1.33 bits per heavy atom. The van der Waals surface area contributed by atoms with Crippen LogP contribution in [0.25, 0.3) is 0 Å². The summed E-state index contributed by atoms with van der Waals surface area (Å²) in [5.74, 6) is 0. The molecular formula is C23H42Cl2N2. The molecule has 27 heavy (non-hydrogen) atoms. The number of hydrogen-bond acceptors (Lipinski definition) is 1. The van der Waals surface area contributed by atoms with Gasteiger partial charge < -0.3 is 4.57 Å². The fourth-order valence-electron chi connectivity index (χ4n) is 3.89. The van der Waals surface area contributed by atoms with Crippen molar-refractivity contribution in [3.8, 4) is 0 Å². The molecule has 4 heteroatoms. The van der Waals surface area contributed by atoms with E-state index in [4.69, 9.17) is 23.2 Å². The van der Waals surface area contributed by atoms with Crippen LogP contribution in [-0.4, -0.2) is 14.9 Å². The van der Waals surface area contributed by atoms with Gasteiger partial charge in [0.2, 0.25) is 5.28 Å². The van der Waals surface area contributed by atoms with Gasteiger partial charge in [-0.05, 0) is 31.4 Å². The van der Waals surface area contributed by atoms with Crippen LogP contribution in [0.3, 0.4) is 0 Å². The molecule has 0 aliphatic carbocycles. The quantitative estimate of drug-likeness (QED) is 0.172. The number of aromatic nitrogens is 2. The first kappa shape index (κ1) is 24.8. The van der Waals surface area contributed by atoms with Crippen molar-refractivity contribution in [2.45, 2.75) is 128 Å². The standard InChI is InChI=1S/C23H42Cl2N2/c1-3-4-5-6-7-8-9-10-11-12-13-14-15-16-17-22(20-21(2)24)27-19-18-26-23(27)25/h18-19,21-22H,3-17,20H2,1-2H3. The molecular weight excluding hydrogens is 375 g/mol. The number of hydrogen-bond donors (Lipinski definition) is 0. The average Bonchev–Trinajstić information content (AvgIpc) is 3.06. The van der Waals surface area contributed by atoms with Crippen LogP contribution >= 0.6 is 23.2 Å². The zero-order valence-electron chi connectivity index (χ0n) is 17.8. The number of imidazole rings is 1. The molecule has 0 aromatic carbocycles. The Kier molecular flexibility index (Phi) is 15.4. The van der Waals surface area contributed by atoms with Gasteiger partial charge in [0.05, 0.1) is 0 Å². The molecule has 2 unspecified atom stereocenters. The van der Waals surface area contributed by atoms with Crippen LogP contribution < -0.4 is 0 Å². The monoisotopic (exact) mass is 416 g/mol. The molecule has 158 valence electrons. The maximum atomic E-state index is 6.23. The minimum atomic E-state index is 0.167. The van der Waals surface area contributed by atoms with Crippen molar-refractivity contribution in [3.63, 3.8) is 0 Å². The summed E-state index contributed by atoms with van der Waals surface area (Å²) in [4.78, 5) is 4.15. The molecule has 0 aliphatic heterocycles. The molecule has 1 rings (SSSR count). The third kappa shape index (κ3) is 12.8. The Hall–Kier alpha value is -0.210. The highest BCUT2D eigenvalue weighted by Gasteiger charge is 2.15. The number of alkyl halides is 1. The predicted octanol–water partition coefficient (Wildman–Crippen LogP) is 8.97. The van der Waals surface area contributed by atoms with Gasteiger partial charge in [0.25, 0.3) is 0 Å². The lowest BCUT2D eigenvalue weighted by atomic mass is 10.0. The van der Waals surface area contributed by atoms with Crippen LogP contribution in [0.4, 0.5) is 0 Å². The van der Waals surface area contributed by atoms with Gasteiger partial charge in [0, 0.05) is 23.8 Å². The molecule has 0 saturated heterocycles. The zero-order valence-corrected chi connectivity index (χ0v) is 19.3. The van der Waals surface area contributed by atoms with Crippen molar-refractivity contribution in [1.29, 1.82) is 0 Å². The molecule has 0 N–H and O–H groups in total. The SMILES string of the molecule is CCCCCCCCCCCCCCCCC(CC(C)Cl)n1ccnc1Cl. The van der Waals surface area contributed by atoms with Crippen molar-refractivity contribution in [2.75, 3.05) is 0 Å². The fourth-order valence-corrected chi connectivity index (χ4v) is 4.34. The zero-order chi connectivity index (χ0) is 19.7. The minimum absolute atomic E-state index is 0.167. The molecule has 2 atom stereocenters. The van der Waals surface area contributed by atoms with Crippen LogP contribution in [0.5, 0.6) is 0 Å². The van der Waals surface area contributed by atoms with Crippen LogP contribution in [0.1, 0.15) is 123 Å². The van der Waals surface area contributed by atoms with E-state index in [2.05, 4.69) is 23.4 Å². The largest absolute Gasteiger partial charge is 0.319 e. The summed E-state index contributed by atoms with van der Waals surface area (Å²) in [6.07, 6.45) is 25.4. The second kappa shape index (κ2) is 16.7. The van der Waals surface area contributed by atoms with E-state index in [0.29, 0.717) is 11.3 Å². The molecule has 0 spiro atoms. The smallest absolute Gasteiger partial charge is 0.202 e. The maximum Gasteiger partial charge on any atom is 0.202 e. The first-order valence-electron chi connectivity index (χ1n) is 11.5. The van der Waals surface area contributed by atoms with E-state index in [0.717, 1.165) is 12.8 Å². The van der Waals surface area contributed by atoms with E-state index in [9.17, 15) is 0 Å². The number of unbranched alkanes of at least 4 members (excludes halogenated alkanes) is 13. The first-order valence-corrected chi connectivity index (χ1v) is 12.3. The summed E-state index contributed by atoms with van der Waals surface area (Å²) >= 11 is 12.4. The van der Waals surface area contributed by atoms with Gasteiger partial charge in [-0.25, -0.2) is 4.98 Å². The van der Waals surface area contributed by atoms with Crippen LogP contribution in [-0.2, 0) is 0 Å². The van der Waals surface area contributed by atoms with Gasteiger partial charge >= 0.3 is 0 Å². The van der Waals surface area contributed by atoms with E-state index < -0.39 is 0 Å². The number of rotatable bonds is 18. The Bertz CT molecular complexity index is 445. The molecule has 0 fully saturated rings. The van der Waals surface area contributed by atoms with E-state index >= 15 is 0 Å². The van der Waals surface area contributed by atoms with Crippen molar-refractivity contribution < 1.29 is 0 Å². The molecule has 0 bridgehead atoms. The Labute approximate surface area is 178 Å². The van der Waals surface area contributed by atoms with E-state index in [1.807, 2.05) is 6.20 Å². The fraction of sp³-hybridized carbons (Fsp3) is 0.870. The maximum absolute atomic E-state index is 6.23. The Morgan fingerprint density at radius 1 is 0.852 bits per heavy atom. The van der Waals surface area contributed by atoms with Crippen LogP contribution in [0.2, 0.25) is 5.28 Å². The predicted molar refractivity (Wildman–Crippen MR) is 121 cm³/mol. The highest BCUT2D eigenvalue weighted by Crippen LogP contribution is 2.26. The Balaban J connectivity index is 1.97. The van der Waals surface area contributed by atoms with Crippen molar-refractivity contribution in [1.82, 2.24) is 9.55 Å². The average molecular weight is 418 g/mol.